The molecule has 2 aromatic rings. The van der Waals surface area contributed by atoms with Crippen molar-refractivity contribution in [2.45, 2.75) is 19.4 Å². The molecule has 114 valence electrons. The number of benzene rings is 1. The van der Waals surface area contributed by atoms with Crippen LogP contribution in [0.25, 0.3) is 10.9 Å². The second kappa shape index (κ2) is 4.74. The fourth-order valence-corrected chi connectivity index (χ4v) is 3.76. The first-order valence-electron chi connectivity index (χ1n) is 7.81. The number of aromatic nitrogens is 2. The number of carbonyl (C=O) groups is 1. The van der Waals surface area contributed by atoms with Gasteiger partial charge in [0.05, 0.1) is 16.7 Å². The Morgan fingerprint density at radius 2 is 1.95 bits per heavy atom. The highest BCUT2D eigenvalue weighted by molar-refractivity contribution is 5.85. The third-order valence-corrected chi connectivity index (χ3v) is 4.96. The highest BCUT2D eigenvalue weighted by Crippen LogP contribution is 2.49. The molecule has 2 unspecified atom stereocenters. The van der Waals surface area contributed by atoms with Crippen molar-refractivity contribution < 1.29 is 4.79 Å². The van der Waals surface area contributed by atoms with Crippen LogP contribution >= 0.6 is 0 Å². The number of nitrogens with one attached hydrogen (secondary N) is 2. The Morgan fingerprint density at radius 3 is 2.73 bits per heavy atom. The lowest BCUT2D eigenvalue weighted by molar-refractivity contribution is -0.124. The van der Waals surface area contributed by atoms with E-state index >= 15 is 0 Å². The molecule has 2 fully saturated rings. The van der Waals surface area contributed by atoms with E-state index < -0.39 is 5.54 Å². The molecule has 22 heavy (non-hydrogen) atoms. The number of rotatable bonds is 3. The van der Waals surface area contributed by atoms with Crippen molar-refractivity contribution in [2.75, 3.05) is 13.1 Å². The maximum atomic E-state index is 12.6. The van der Waals surface area contributed by atoms with E-state index in [0.717, 1.165) is 29.7 Å². The molecule has 0 spiro atoms. The minimum atomic E-state index is -0.510. The summed E-state index contributed by atoms with van der Waals surface area (Å²) in [5.74, 6) is 1.38. The molecule has 1 aliphatic heterocycles. The van der Waals surface area contributed by atoms with Crippen LogP contribution in [-0.2, 0) is 10.3 Å². The van der Waals surface area contributed by atoms with E-state index in [1.54, 1.807) is 6.33 Å². The van der Waals surface area contributed by atoms with Crippen LogP contribution in [-0.4, -0.2) is 29.0 Å². The van der Waals surface area contributed by atoms with Crippen molar-refractivity contribution in [3.05, 3.63) is 36.3 Å². The smallest absolute Gasteiger partial charge is 0.224 e. The van der Waals surface area contributed by atoms with E-state index in [2.05, 4.69) is 20.6 Å². The summed E-state index contributed by atoms with van der Waals surface area (Å²) >= 11 is 0. The number of hydrogen-bond acceptors (Lipinski definition) is 4. The van der Waals surface area contributed by atoms with Crippen molar-refractivity contribution in [3.8, 4) is 0 Å². The van der Waals surface area contributed by atoms with E-state index in [0.29, 0.717) is 11.8 Å². The second-order valence-electron chi connectivity index (χ2n) is 6.87. The SMILES string of the molecule is CC(C)(NC(=O)C1C2CNC[C@@H]21)c1ncnc2ccccc12. The van der Waals surface area contributed by atoms with Gasteiger partial charge in [0.1, 0.15) is 6.33 Å². The second-order valence-corrected chi connectivity index (χ2v) is 6.87. The molecule has 3 atom stereocenters. The fraction of sp³-hybridized carbons (Fsp3) is 0.471. The summed E-state index contributed by atoms with van der Waals surface area (Å²) in [5.41, 5.74) is 1.27. The zero-order valence-corrected chi connectivity index (χ0v) is 12.8. The quantitative estimate of drug-likeness (QED) is 0.899. The number of carbonyl (C=O) groups excluding carboxylic acids is 1. The average Bonchev–Trinajstić information content (AvgIpc) is 3.00. The lowest BCUT2D eigenvalue weighted by Gasteiger charge is -2.27. The Morgan fingerprint density at radius 1 is 1.23 bits per heavy atom. The van der Waals surface area contributed by atoms with Gasteiger partial charge in [-0.2, -0.15) is 0 Å². The number of piperidine rings is 1. The third-order valence-electron chi connectivity index (χ3n) is 4.96. The van der Waals surface area contributed by atoms with Gasteiger partial charge in [0, 0.05) is 11.3 Å². The molecule has 0 bridgehead atoms. The topological polar surface area (TPSA) is 66.9 Å². The van der Waals surface area contributed by atoms with Gasteiger partial charge >= 0.3 is 0 Å². The Labute approximate surface area is 129 Å². The molecule has 0 radical (unpaired) electrons. The minimum absolute atomic E-state index is 0.157. The van der Waals surface area contributed by atoms with Gasteiger partial charge in [-0.1, -0.05) is 18.2 Å². The maximum Gasteiger partial charge on any atom is 0.224 e. The molecular formula is C17H20N4O. The number of nitrogens with zero attached hydrogens (tertiary/aromatic N) is 2. The Balaban J connectivity index is 1.61. The summed E-state index contributed by atoms with van der Waals surface area (Å²) in [6.07, 6.45) is 1.57. The molecule has 1 aromatic carbocycles. The lowest BCUT2D eigenvalue weighted by atomic mass is 9.95. The summed E-state index contributed by atoms with van der Waals surface area (Å²) < 4.78 is 0. The number of fused-ring (bicyclic) bond motifs is 2. The molecule has 5 nitrogen and oxygen atoms in total. The predicted molar refractivity (Wildman–Crippen MR) is 84.0 cm³/mol. The number of amides is 1. The molecule has 1 saturated heterocycles. The first-order valence-corrected chi connectivity index (χ1v) is 7.81. The first kappa shape index (κ1) is 13.6. The highest BCUT2D eigenvalue weighted by Gasteiger charge is 2.57. The molecule has 2 N–H and O–H groups in total. The molecule has 1 aliphatic carbocycles. The maximum absolute atomic E-state index is 12.6. The van der Waals surface area contributed by atoms with Crippen LogP contribution in [0.3, 0.4) is 0 Å². The van der Waals surface area contributed by atoms with Gasteiger partial charge in [0.25, 0.3) is 0 Å². The summed E-state index contributed by atoms with van der Waals surface area (Å²) in [6, 6.07) is 7.91. The van der Waals surface area contributed by atoms with Crippen LogP contribution < -0.4 is 10.6 Å². The normalized spacial score (nSPS) is 26.7. The molecular weight excluding hydrogens is 276 g/mol. The number of para-hydroxylation sites is 1. The molecule has 2 aliphatic rings. The van der Waals surface area contributed by atoms with E-state index in [4.69, 9.17) is 0 Å². The summed E-state index contributed by atoms with van der Waals surface area (Å²) in [5, 5.41) is 7.52. The molecule has 1 aromatic heterocycles. The van der Waals surface area contributed by atoms with Gasteiger partial charge in [-0.25, -0.2) is 9.97 Å². The molecule has 1 saturated carbocycles. The van der Waals surface area contributed by atoms with Crippen molar-refractivity contribution in [1.82, 2.24) is 20.6 Å². The lowest BCUT2D eigenvalue weighted by Crippen LogP contribution is -2.43. The van der Waals surface area contributed by atoms with Gasteiger partial charge < -0.3 is 10.6 Å². The Hall–Kier alpha value is -2.01. The van der Waals surface area contributed by atoms with E-state index in [1.165, 1.54) is 0 Å². The van der Waals surface area contributed by atoms with Crippen LogP contribution in [0, 0.1) is 17.8 Å². The van der Waals surface area contributed by atoms with Gasteiger partial charge in [0.2, 0.25) is 5.91 Å². The zero-order valence-electron chi connectivity index (χ0n) is 12.8. The zero-order chi connectivity index (χ0) is 15.3. The Bertz CT molecular complexity index is 727. The summed E-state index contributed by atoms with van der Waals surface area (Å²) in [6.45, 7) is 5.96. The van der Waals surface area contributed by atoms with Crippen molar-refractivity contribution >= 4 is 16.8 Å². The molecule has 4 rings (SSSR count). The molecule has 5 heteroatoms. The third kappa shape index (κ3) is 2.08. The van der Waals surface area contributed by atoms with Crippen LogP contribution in [0.15, 0.2) is 30.6 Å². The fourth-order valence-electron chi connectivity index (χ4n) is 3.76. The van der Waals surface area contributed by atoms with Crippen molar-refractivity contribution in [1.29, 1.82) is 0 Å². The monoisotopic (exact) mass is 296 g/mol. The Kier molecular flexibility index (Phi) is 2.94. The van der Waals surface area contributed by atoms with E-state index in [9.17, 15) is 4.79 Å². The van der Waals surface area contributed by atoms with Crippen LogP contribution in [0.2, 0.25) is 0 Å². The molecule has 1 amide bonds. The summed E-state index contributed by atoms with van der Waals surface area (Å²) in [7, 11) is 0. The van der Waals surface area contributed by atoms with Crippen LogP contribution in [0.5, 0.6) is 0 Å². The van der Waals surface area contributed by atoms with E-state index in [1.807, 2.05) is 38.1 Å². The van der Waals surface area contributed by atoms with Gasteiger partial charge in [0.15, 0.2) is 0 Å². The summed E-state index contributed by atoms with van der Waals surface area (Å²) in [4.78, 5) is 21.3. The number of hydrogen-bond donors (Lipinski definition) is 2. The van der Waals surface area contributed by atoms with Crippen LogP contribution in [0.4, 0.5) is 0 Å². The van der Waals surface area contributed by atoms with E-state index in [-0.39, 0.29) is 11.8 Å². The minimum Gasteiger partial charge on any atom is -0.345 e. The van der Waals surface area contributed by atoms with Gasteiger partial charge in [-0.3, -0.25) is 4.79 Å². The van der Waals surface area contributed by atoms with Crippen LogP contribution in [0.1, 0.15) is 19.5 Å². The van der Waals surface area contributed by atoms with Crippen molar-refractivity contribution in [2.24, 2.45) is 17.8 Å². The van der Waals surface area contributed by atoms with Gasteiger partial charge in [-0.05, 0) is 44.8 Å². The standard InChI is InChI=1S/C17H20N4O/c1-17(2,21-16(22)14-11-7-18-8-12(11)14)15-10-5-3-4-6-13(10)19-9-20-15/h3-6,9,11-12,14,18H,7-8H2,1-2H3,(H,21,22)/t11-,12?,14?/m0/s1. The predicted octanol–water partition coefficient (Wildman–Crippen LogP) is 1.45. The van der Waals surface area contributed by atoms with Gasteiger partial charge in [-0.15, -0.1) is 0 Å². The molecule has 2 heterocycles. The average molecular weight is 296 g/mol. The first-order chi connectivity index (χ1) is 10.6. The van der Waals surface area contributed by atoms with Crippen molar-refractivity contribution in [3.63, 3.8) is 0 Å². The highest BCUT2D eigenvalue weighted by atomic mass is 16.2. The largest absolute Gasteiger partial charge is 0.345 e.